The number of halogens is 1. The zero-order valence-electron chi connectivity index (χ0n) is 13.2. The van der Waals surface area contributed by atoms with Gasteiger partial charge in [-0.25, -0.2) is 4.79 Å². The lowest BCUT2D eigenvalue weighted by Crippen LogP contribution is -3.22. The van der Waals surface area contributed by atoms with E-state index in [9.17, 15) is 9.59 Å². The Balaban J connectivity index is 1.65. The van der Waals surface area contributed by atoms with Crippen LogP contribution in [0.2, 0.25) is 5.02 Å². The second kappa shape index (κ2) is 6.89. The molecule has 23 heavy (non-hydrogen) atoms. The Morgan fingerprint density at radius 1 is 1.43 bits per heavy atom. The number of nitrogens with one attached hydrogen (secondary N) is 2. The van der Waals surface area contributed by atoms with Gasteiger partial charge in [0.25, 0.3) is 0 Å². The summed E-state index contributed by atoms with van der Waals surface area (Å²) in [5.41, 5.74) is 1.61. The van der Waals surface area contributed by atoms with Crippen molar-refractivity contribution in [2.75, 3.05) is 18.5 Å². The first kappa shape index (κ1) is 16.3. The Hall–Kier alpha value is -1.59. The lowest BCUT2D eigenvalue weighted by Gasteiger charge is -2.40. The summed E-state index contributed by atoms with van der Waals surface area (Å²) in [4.78, 5) is 25.6. The zero-order chi connectivity index (χ0) is 16.4. The lowest BCUT2D eigenvalue weighted by atomic mass is 9.97. The van der Waals surface area contributed by atoms with Crippen LogP contribution in [0.1, 0.15) is 31.2 Å². The molecule has 2 fully saturated rings. The van der Waals surface area contributed by atoms with Gasteiger partial charge in [0.15, 0.2) is 6.04 Å². The van der Waals surface area contributed by atoms with Gasteiger partial charge in [-0.15, -0.1) is 0 Å². The minimum atomic E-state index is -0.394. The molecule has 1 aromatic rings. The molecule has 2 aliphatic heterocycles. The van der Waals surface area contributed by atoms with Crippen LogP contribution < -0.4 is 10.2 Å². The fourth-order valence-corrected chi connectivity index (χ4v) is 3.66. The third kappa shape index (κ3) is 3.67. The van der Waals surface area contributed by atoms with E-state index in [4.69, 9.17) is 16.3 Å². The van der Waals surface area contributed by atoms with Crippen molar-refractivity contribution in [2.24, 2.45) is 0 Å². The fraction of sp³-hybridized carbons (Fsp3) is 0.529. The summed E-state index contributed by atoms with van der Waals surface area (Å²) >= 11 is 6.07. The van der Waals surface area contributed by atoms with Crippen LogP contribution in [0.3, 0.4) is 0 Å². The highest BCUT2D eigenvalue weighted by Gasteiger charge is 2.43. The van der Waals surface area contributed by atoms with E-state index in [1.165, 1.54) is 11.3 Å². The van der Waals surface area contributed by atoms with Crippen LogP contribution in [-0.2, 0) is 14.3 Å². The van der Waals surface area contributed by atoms with Crippen molar-refractivity contribution in [3.8, 4) is 0 Å². The van der Waals surface area contributed by atoms with E-state index in [0.29, 0.717) is 23.4 Å². The molecule has 2 aliphatic rings. The van der Waals surface area contributed by atoms with E-state index in [1.807, 2.05) is 19.1 Å². The molecular weight excluding hydrogens is 316 g/mol. The molecule has 0 bridgehead atoms. The molecule has 0 saturated carbocycles. The van der Waals surface area contributed by atoms with Crippen molar-refractivity contribution in [1.29, 1.82) is 0 Å². The van der Waals surface area contributed by atoms with Crippen LogP contribution in [-0.4, -0.2) is 37.1 Å². The highest BCUT2D eigenvalue weighted by molar-refractivity contribution is 6.31. The molecule has 2 saturated heterocycles. The number of carbonyl (C=O) groups excluding carboxylic acids is 2. The standard InChI is InChI=1S/C17H21ClN2O3/c1-11-5-6-12(8-14(11)18)19-16(21)9-15-17(22)23-10-13-4-2-3-7-20(13)15/h5-6,8,13,15H,2-4,7,9-10H2,1H3,(H,19,21)/p+1/t13-,15-/m1/s1. The van der Waals surface area contributed by atoms with Crippen LogP contribution in [0.4, 0.5) is 5.69 Å². The SMILES string of the molecule is Cc1ccc(NC(=O)C[C@@H]2C(=O)OC[C@H]3CCCC[NH+]32)cc1Cl. The predicted molar refractivity (Wildman–Crippen MR) is 87.7 cm³/mol. The number of morpholine rings is 1. The maximum Gasteiger partial charge on any atom is 0.365 e. The van der Waals surface area contributed by atoms with Gasteiger partial charge in [0, 0.05) is 17.1 Å². The Morgan fingerprint density at radius 3 is 3.04 bits per heavy atom. The molecule has 0 spiro atoms. The molecule has 0 aromatic heterocycles. The van der Waals surface area contributed by atoms with Gasteiger partial charge in [-0.05, 0) is 37.5 Å². The number of ether oxygens (including phenoxy) is 1. The van der Waals surface area contributed by atoms with E-state index < -0.39 is 6.04 Å². The van der Waals surface area contributed by atoms with Crippen molar-refractivity contribution >= 4 is 29.2 Å². The molecule has 2 heterocycles. The normalized spacial score (nSPS) is 27.0. The molecule has 2 N–H and O–H groups in total. The average molecular weight is 338 g/mol. The predicted octanol–water partition coefficient (Wildman–Crippen LogP) is 1.34. The number of benzene rings is 1. The van der Waals surface area contributed by atoms with Crippen molar-refractivity contribution in [1.82, 2.24) is 0 Å². The van der Waals surface area contributed by atoms with E-state index in [0.717, 1.165) is 24.9 Å². The average Bonchev–Trinajstić information content (AvgIpc) is 2.54. The number of fused-ring (bicyclic) bond motifs is 1. The first-order valence-electron chi connectivity index (χ1n) is 8.13. The van der Waals surface area contributed by atoms with Crippen LogP contribution in [0, 0.1) is 6.92 Å². The maximum absolute atomic E-state index is 12.3. The van der Waals surface area contributed by atoms with Gasteiger partial charge < -0.3 is 15.0 Å². The first-order valence-corrected chi connectivity index (χ1v) is 8.50. The molecule has 3 atom stereocenters. The topological polar surface area (TPSA) is 59.8 Å². The van der Waals surface area contributed by atoms with Gasteiger partial charge in [0.05, 0.1) is 13.0 Å². The molecule has 6 heteroatoms. The molecule has 0 aliphatic carbocycles. The van der Waals surface area contributed by atoms with Gasteiger partial charge in [0.1, 0.15) is 12.6 Å². The summed E-state index contributed by atoms with van der Waals surface area (Å²) in [6.45, 7) is 3.33. The molecular formula is C17H22ClN2O3+. The summed E-state index contributed by atoms with van der Waals surface area (Å²) in [6, 6.07) is 5.35. The molecule has 1 aromatic carbocycles. The number of rotatable bonds is 3. The van der Waals surface area contributed by atoms with E-state index in [1.54, 1.807) is 6.07 Å². The number of hydrogen-bond donors (Lipinski definition) is 2. The number of quaternary nitrogens is 1. The third-order valence-corrected chi connectivity index (χ3v) is 5.20. The summed E-state index contributed by atoms with van der Waals surface area (Å²) < 4.78 is 5.29. The lowest BCUT2D eigenvalue weighted by molar-refractivity contribution is -0.951. The van der Waals surface area contributed by atoms with Crippen LogP contribution in [0.5, 0.6) is 0 Å². The summed E-state index contributed by atoms with van der Waals surface area (Å²) in [7, 11) is 0. The fourth-order valence-electron chi connectivity index (χ4n) is 3.48. The number of carbonyl (C=O) groups is 2. The van der Waals surface area contributed by atoms with Crippen molar-refractivity contribution in [2.45, 2.75) is 44.7 Å². The number of anilines is 1. The van der Waals surface area contributed by atoms with Crippen molar-refractivity contribution in [3.05, 3.63) is 28.8 Å². The van der Waals surface area contributed by atoms with E-state index in [-0.39, 0.29) is 18.3 Å². The monoisotopic (exact) mass is 337 g/mol. The van der Waals surface area contributed by atoms with Crippen molar-refractivity contribution in [3.63, 3.8) is 0 Å². The minimum Gasteiger partial charge on any atom is -0.455 e. The highest BCUT2D eigenvalue weighted by atomic mass is 35.5. The van der Waals surface area contributed by atoms with Gasteiger partial charge in [0.2, 0.25) is 5.91 Å². The molecule has 5 nitrogen and oxygen atoms in total. The van der Waals surface area contributed by atoms with Crippen molar-refractivity contribution < 1.29 is 19.2 Å². The summed E-state index contributed by atoms with van der Waals surface area (Å²) in [5, 5.41) is 3.44. The maximum atomic E-state index is 12.3. The van der Waals surface area contributed by atoms with Gasteiger partial charge in [-0.2, -0.15) is 0 Å². The zero-order valence-corrected chi connectivity index (χ0v) is 14.0. The van der Waals surface area contributed by atoms with Gasteiger partial charge >= 0.3 is 5.97 Å². The van der Waals surface area contributed by atoms with Gasteiger partial charge in [-0.3, -0.25) is 4.79 Å². The smallest absolute Gasteiger partial charge is 0.365 e. The molecule has 3 rings (SSSR count). The van der Waals surface area contributed by atoms with Gasteiger partial charge in [-0.1, -0.05) is 17.7 Å². The third-order valence-electron chi connectivity index (χ3n) is 4.80. The van der Waals surface area contributed by atoms with Crippen LogP contribution >= 0.6 is 11.6 Å². The quantitative estimate of drug-likeness (QED) is 0.818. The molecule has 1 amide bonds. The number of amides is 1. The van der Waals surface area contributed by atoms with E-state index in [2.05, 4.69) is 5.32 Å². The Bertz CT molecular complexity index is 620. The number of aryl methyl sites for hydroxylation is 1. The van der Waals surface area contributed by atoms with Crippen LogP contribution in [0.15, 0.2) is 18.2 Å². The Kier molecular flexibility index (Phi) is 4.87. The minimum absolute atomic E-state index is 0.149. The van der Waals surface area contributed by atoms with Crippen LogP contribution in [0.25, 0.3) is 0 Å². The van der Waals surface area contributed by atoms with E-state index >= 15 is 0 Å². The number of esters is 1. The number of piperidine rings is 1. The highest BCUT2D eigenvalue weighted by Crippen LogP contribution is 2.20. The molecule has 124 valence electrons. The second-order valence-corrected chi connectivity index (χ2v) is 6.82. The molecule has 1 unspecified atom stereocenters. The summed E-state index contributed by atoms with van der Waals surface area (Å²) in [5.74, 6) is -0.430. The Morgan fingerprint density at radius 2 is 2.26 bits per heavy atom. The number of hydrogen-bond acceptors (Lipinski definition) is 3. The number of cyclic esters (lactones) is 1. The summed E-state index contributed by atoms with van der Waals surface area (Å²) in [6.07, 6.45) is 3.49. The molecule has 0 radical (unpaired) electrons. The second-order valence-electron chi connectivity index (χ2n) is 6.42. The first-order chi connectivity index (χ1) is 11.0. The Labute approximate surface area is 140 Å². The largest absolute Gasteiger partial charge is 0.455 e.